The van der Waals surface area contributed by atoms with E-state index in [0.717, 1.165) is 69.7 Å². The maximum absolute atomic E-state index is 12.5. The highest BCUT2D eigenvalue weighted by Crippen LogP contribution is 2.21. The number of nitrogens with zero attached hydrogens (tertiary/aromatic N) is 2. The maximum atomic E-state index is 12.5. The minimum absolute atomic E-state index is 0.0366. The van der Waals surface area contributed by atoms with Crippen molar-refractivity contribution in [2.24, 2.45) is 0 Å². The SMILES string of the molecule is CCCN1CCC(NC(=O)c2ccc(N3CCC(O)CC3)cc2)CC1. The number of piperidine rings is 2. The summed E-state index contributed by atoms with van der Waals surface area (Å²) in [5, 5.41) is 12.8. The van der Waals surface area contributed by atoms with Gasteiger partial charge in [0.1, 0.15) is 0 Å². The molecule has 138 valence electrons. The van der Waals surface area contributed by atoms with Gasteiger partial charge in [0, 0.05) is 43.5 Å². The van der Waals surface area contributed by atoms with Crippen molar-refractivity contribution in [3.8, 4) is 0 Å². The highest BCUT2D eigenvalue weighted by Gasteiger charge is 2.21. The van der Waals surface area contributed by atoms with Gasteiger partial charge in [0.25, 0.3) is 5.91 Å². The van der Waals surface area contributed by atoms with E-state index in [4.69, 9.17) is 0 Å². The van der Waals surface area contributed by atoms with Crippen LogP contribution in [0.5, 0.6) is 0 Å². The van der Waals surface area contributed by atoms with E-state index in [2.05, 4.69) is 22.0 Å². The van der Waals surface area contributed by atoms with Crippen LogP contribution in [0.25, 0.3) is 0 Å². The summed E-state index contributed by atoms with van der Waals surface area (Å²) in [5.41, 5.74) is 1.87. The average Bonchev–Trinajstić information content (AvgIpc) is 2.64. The first-order chi connectivity index (χ1) is 12.2. The maximum Gasteiger partial charge on any atom is 0.251 e. The molecule has 3 rings (SSSR count). The molecule has 2 heterocycles. The highest BCUT2D eigenvalue weighted by molar-refractivity contribution is 5.94. The smallest absolute Gasteiger partial charge is 0.251 e. The first-order valence-electron chi connectivity index (χ1n) is 9.72. The van der Waals surface area contributed by atoms with Crippen molar-refractivity contribution >= 4 is 11.6 Å². The number of nitrogens with one attached hydrogen (secondary N) is 1. The van der Waals surface area contributed by atoms with Crippen LogP contribution in [0.1, 0.15) is 49.4 Å². The molecule has 2 saturated heterocycles. The quantitative estimate of drug-likeness (QED) is 0.859. The molecule has 2 N–H and O–H groups in total. The summed E-state index contributed by atoms with van der Waals surface area (Å²) in [6, 6.07) is 8.18. The molecule has 5 nitrogen and oxygen atoms in total. The van der Waals surface area contributed by atoms with E-state index in [1.54, 1.807) is 0 Å². The second-order valence-electron chi connectivity index (χ2n) is 7.35. The fourth-order valence-corrected chi connectivity index (χ4v) is 3.83. The molecular formula is C20H31N3O2. The number of hydrogen-bond donors (Lipinski definition) is 2. The van der Waals surface area contributed by atoms with Crippen LogP contribution in [0.15, 0.2) is 24.3 Å². The van der Waals surface area contributed by atoms with Gasteiger partial charge in [-0.3, -0.25) is 4.79 Å². The predicted octanol–water partition coefficient (Wildman–Crippen LogP) is 2.25. The monoisotopic (exact) mass is 345 g/mol. The van der Waals surface area contributed by atoms with Crippen LogP contribution < -0.4 is 10.2 Å². The molecule has 1 aromatic rings. The number of amides is 1. The summed E-state index contributed by atoms with van der Waals surface area (Å²) in [6.45, 7) is 7.29. The third-order valence-corrected chi connectivity index (χ3v) is 5.42. The number of rotatable bonds is 5. The zero-order chi connectivity index (χ0) is 17.6. The van der Waals surface area contributed by atoms with Crippen molar-refractivity contribution in [2.45, 2.75) is 51.2 Å². The standard InChI is InChI=1S/C20H31N3O2/c1-2-11-22-12-7-17(8-13-22)21-20(25)16-3-5-18(6-4-16)23-14-9-19(24)10-15-23/h3-6,17,19,24H,2,7-15H2,1H3,(H,21,25). The van der Waals surface area contributed by atoms with E-state index in [0.29, 0.717) is 6.04 Å². The lowest BCUT2D eigenvalue weighted by atomic mass is 10.0. The summed E-state index contributed by atoms with van der Waals surface area (Å²) < 4.78 is 0. The Hall–Kier alpha value is -1.59. The second kappa shape index (κ2) is 8.68. The average molecular weight is 345 g/mol. The van der Waals surface area contributed by atoms with Crippen LogP contribution >= 0.6 is 0 Å². The summed E-state index contributed by atoms with van der Waals surface area (Å²) in [5.74, 6) is 0.0366. The van der Waals surface area contributed by atoms with E-state index < -0.39 is 0 Å². The molecule has 2 aliphatic heterocycles. The lowest BCUT2D eigenvalue weighted by Gasteiger charge is -2.32. The molecule has 25 heavy (non-hydrogen) atoms. The van der Waals surface area contributed by atoms with Crippen molar-refractivity contribution in [3.63, 3.8) is 0 Å². The number of anilines is 1. The molecule has 1 aromatic carbocycles. The first kappa shape index (κ1) is 18.2. The van der Waals surface area contributed by atoms with Crippen molar-refractivity contribution in [1.82, 2.24) is 10.2 Å². The lowest BCUT2D eigenvalue weighted by molar-refractivity contribution is 0.0911. The lowest BCUT2D eigenvalue weighted by Crippen LogP contribution is -2.44. The summed E-state index contributed by atoms with van der Waals surface area (Å²) in [4.78, 5) is 17.2. The molecular weight excluding hydrogens is 314 g/mol. The zero-order valence-electron chi connectivity index (χ0n) is 15.3. The van der Waals surface area contributed by atoms with Gasteiger partial charge in [0.2, 0.25) is 0 Å². The van der Waals surface area contributed by atoms with Crippen LogP contribution in [-0.4, -0.2) is 60.8 Å². The first-order valence-corrected chi connectivity index (χ1v) is 9.72. The molecule has 0 spiro atoms. The largest absolute Gasteiger partial charge is 0.393 e. The minimum Gasteiger partial charge on any atom is -0.393 e. The Balaban J connectivity index is 1.49. The van der Waals surface area contributed by atoms with Gasteiger partial charge < -0.3 is 20.2 Å². The fraction of sp³-hybridized carbons (Fsp3) is 0.650. The molecule has 0 aliphatic carbocycles. The summed E-state index contributed by atoms with van der Waals surface area (Å²) >= 11 is 0. The van der Waals surface area contributed by atoms with Gasteiger partial charge >= 0.3 is 0 Å². The topological polar surface area (TPSA) is 55.8 Å². The normalized spacial score (nSPS) is 20.6. The third kappa shape index (κ3) is 4.95. The van der Waals surface area contributed by atoms with Crippen LogP contribution in [-0.2, 0) is 0 Å². The minimum atomic E-state index is -0.162. The number of hydrogen-bond acceptors (Lipinski definition) is 4. The Bertz CT molecular complexity index is 545. The van der Waals surface area contributed by atoms with Gasteiger partial charge in [-0.1, -0.05) is 6.92 Å². The molecule has 0 radical (unpaired) electrons. The Morgan fingerprint density at radius 1 is 1.08 bits per heavy atom. The zero-order valence-corrected chi connectivity index (χ0v) is 15.3. The number of aliphatic hydroxyl groups is 1. The molecule has 0 bridgehead atoms. The summed E-state index contributed by atoms with van der Waals surface area (Å²) in [6.07, 6.45) is 4.75. The number of likely N-dealkylation sites (tertiary alicyclic amines) is 1. The van der Waals surface area contributed by atoms with Crippen molar-refractivity contribution in [2.75, 3.05) is 37.6 Å². The Morgan fingerprint density at radius 2 is 1.72 bits per heavy atom. The highest BCUT2D eigenvalue weighted by atomic mass is 16.3. The van der Waals surface area contributed by atoms with Gasteiger partial charge in [-0.15, -0.1) is 0 Å². The second-order valence-corrected chi connectivity index (χ2v) is 7.35. The van der Waals surface area contributed by atoms with Crippen molar-refractivity contribution < 1.29 is 9.90 Å². The molecule has 2 fully saturated rings. The van der Waals surface area contributed by atoms with Gasteiger partial charge in [-0.25, -0.2) is 0 Å². The molecule has 0 atom stereocenters. The van der Waals surface area contributed by atoms with Gasteiger partial charge in [-0.05, 0) is 62.9 Å². The number of aliphatic hydroxyl groups excluding tert-OH is 1. The van der Waals surface area contributed by atoms with Gasteiger partial charge in [0.05, 0.1) is 6.10 Å². The van der Waals surface area contributed by atoms with E-state index in [9.17, 15) is 9.90 Å². The van der Waals surface area contributed by atoms with Crippen LogP contribution in [0.4, 0.5) is 5.69 Å². The summed E-state index contributed by atoms with van der Waals surface area (Å²) in [7, 11) is 0. The fourth-order valence-electron chi connectivity index (χ4n) is 3.83. The predicted molar refractivity (Wildman–Crippen MR) is 101 cm³/mol. The third-order valence-electron chi connectivity index (χ3n) is 5.42. The number of benzene rings is 1. The number of carbonyl (C=O) groups excluding carboxylic acids is 1. The van der Waals surface area contributed by atoms with Crippen LogP contribution in [0.3, 0.4) is 0 Å². The van der Waals surface area contributed by atoms with E-state index in [-0.39, 0.29) is 12.0 Å². The Morgan fingerprint density at radius 3 is 2.32 bits per heavy atom. The van der Waals surface area contributed by atoms with Crippen LogP contribution in [0.2, 0.25) is 0 Å². The van der Waals surface area contributed by atoms with E-state index in [1.165, 1.54) is 6.42 Å². The molecule has 0 unspecified atom stereocenters. The Kier molecular flexibility index (Phi) is 6.32. The van der Waals surface area contributed by atoms with Gasteiger partial charge in [0.15, 0.2) is 0 Å². The van der Waals surface area contributed by atoms with Gasteiger partial charge in [-0.2, -0.15) is 0 Å². The molecule has 0 saturated carbocycles. The Labute approximate surface area is 151 Å². The molecule has 1 amide bonds. The van der Waals surface area contributed by atoms with Crippen molar-refractivity contribution in [1.29, 1.82) is 0 Å². The van der Waals surface area contributed by atoms with Crippen LogP contribution in [0, 0.1) is 0 Å². The number of carbonyl (C=O) groups is 1. The van der Waals surface area contributed by atoms with E-state index in [1.807, 2.05) is 24.3 Å². The molecule has 5 heteroatoms. The molecule has 2 aliphatic rings. The molecule has 0 aromatic heterocycles. The van der Waals surface area contributed by atoms with Crippen molar-refractivity contribution in [3.05, 3.63) is 29.8 Å². The van der Waals surface area contributed by atoms with E-state index >= 15 is 0 Å².